The van der Waals surface area contributed by atoms with E-state index in [1.54, 1.807) is 0 Å². The second kappa shape index (κ2) is 9.55. The second-order valence-electron chi connectivity index (χ2n) is 5.01. The minimum absolute atomic E-state index is 0.184. The van der Waals surface area contributed by atoms with E-state index in [2.05, 4.69) is 10.1 Å². The van der Waals surface area contributed by atoms with E-state index in [4.69, 9.17) is 5.73 Å². The number of carbonyl (C=O) groups excluding carboxylic acids is 3. The highest BCUT2D eigenvalue weighted by atomic mass is 16.5. The monoisotopic (exact) mass is 306 g/mol. The summed E-state index contributed by atoms with van der Waals surface area (Å²) in [5.41, 5.74) is 5.77. The zero-order chi connectivity index (χ0) is 16.4. The van der Waals surface area contributed by atoms with Crippen molar-refractivity contribution in [1.82, 2.24) is 5.32 Å². The molecule has 3 N–H and O–H groups in total. The summed E-state index contributed by atoms with van der Waals surface area (Å²) in [6.07, 6.45) is 1.28. The molecule has 2 amide bonds. The molecule has 1 aromatic rings. The second-order valence-corrected chi connectivity index (χ2v) is 5.01. The average Bonchev–Trinajstić information content (AvgIpc) is 2.50. The van der Waals surface area contributed by atoms with Crippen molar-refractivity contribution in [3.8, 4) is 0 Å². The number of Topliss-reactive ketones (excluding diaryl/α,β-unsaturated/α-hetero) is 1. The maximum absolute atomic E-state index is 11.8. The van der Waals surface area contributed by atoms with Crippen LogP contribution < -0.4 is 11.1 Å². The van der Waals surface area contributed by atoms with Crippen LogP contribution in [0.2, 0.25) is 0 Å². The first-order valence-electron chi connectivity index (χ1n) is 7.31. The lowest BCUT2D eigenvalue weighted by Crippen LogP contribution is -2.33. The number of rotatable bonds is 9. The van der Waals surface area contributed by atoms with Crippen molar-refractivity contribution in [2.45, 2.75) is 38.6 Å². The maximum Gasteiger partial charge on any atom is 0.404 e. The van der Waals surface area contributed by atoms with E-state index < -0.39 is 17.8 Å². The fraction of sp³-hybridized carbons (Fsp3) is 0.438. The third-order valence-electron chi connectivity index (χ3n) is 3.19. The third kappa shape index (κ3) is 6.88. The number of benzene rings is 1. The molecule has 0 saturated carbocycles. The number of primary amides is 1. The van der Waals surface area contributed by atoms with Crippen molar-refractivity contribution in [2.75, 3.05) is 6.61 Å². The standard InChI is InChI=1S/C16H22N2O4/c1-12(13-8-4-2-5-9-13)18-15(20)14(19)10-6-3-7-11-22-16(17)21/h2,4-5,8-9,12H,3,6-7,10-11H2,1H3,(H2,17,21)(H,18,20)/t12-/m1/s1. The van der Waals surface area contributed by atoms with Gasteiger partial charge in [0.05, 0.1) is 12.6 Å². The van der Waals surface area contributed by atoms with Gasteiger partial charge in [0, 0.05) is 6.42 Å². The normalized spacial score (nSPS) is 11.5. The van der Waals surface area contributed by atoms with Crippen LogP contribution >= 0.6 is 0 Å². The Hall–Kier alpha value is -2.37. The molecule has 0 aliphatic heterocycles. The lowest BCUT2D eigenvalue weighted by molar-refractivity contribution is -0.138. The van der Waals surface area contributed by atoms with E-state index >= 15 is 0 Å². The summed E-state index contributed by atoms with van der Waals surface area (Å²) in [6, 6.07) is 9.25. The van der Waals surface area contributed by atoms with Crippen LogP contribution in [0.25, 0.3) is 0 Å². The van der Waals surface area contributed by atoms with E-state index in [9.17, 15) is 14.4 Å². The van der Waals surface area contributed by atoms with Gasteiger partial charge in [0.25, 0.3) is 5.91 Å². The molecule has 6 heteroatoms. The number of ether oxygens (including phenoxy) is 1. The fourth-order valence-electron chi connectivity index (χ4n) is 1.95. The Balaban J connectivity index is 2.22. The topological polar surface area (TPSA) is 98.5 Å². The Morgan fingerprint density at radius 1 is 1.14 bits per heavy atom. The molecule has 0 fully saturated rings. The Bertz CT molecular complexity index is 502. The van der Waals surface area contributed by atoms with Crippen molar-refractivity contribution in [2.24, 2.45) is 5.73 Å². The molecule has 1 rings (SSSR count). The molecular weight excluding hydrogens is 284 g/mol. The first kappa shape index (κ1) is 17.7. The van der Waals surface area contributed by atoms with Gasteiger partial charge in [0.1, 0.15) is 0 Å². The van der Waals surface area contributed by atoms with E-state index in [0.29, 0.717) is 19.3 Å². The number of amides is 2. The van der Waals surface area contributed by atoms with Gasteiger partial charge in [-0.1, -0.05) is 30.3 Å². The number of unbranched alkanes of at least 4 members (excludes halogenated alkanes) is 2. The largest absolute Gasteiger partial charge is 0.450 e. The van der Waals surface area contributed by atoms with Gasteiger partial charge in [-0.05, 0) is 31.7 Å². The van der Waals surface area contributed by atoms with E-state index in [0.717, 1.165) is 5.56 Å². The summed E-state index contributed by atoms with van der Waals surface area (Å²) in [5.74, 6) is -0.997. The van der Waals surface area contributed by atoms with E-state index in [1.165, 1.54) is 0 Å². The van der Waals surface area contributed by atoms with Crippen LogP contribution in [0.4, 0.5) is 4.79 Å². The minimum Gasteiger partial charge on any atom is -0.450 e. The highest BCUT2D eigenvalue weighted by molar-refractivity contribution is 6.36. The molecule has 6 nitrogen and oxygen atoms in total. The lowest BCUT2D eigenvalue weighted by atomic mass is 10.1. The lowest BCUT2D eigenvalue weighted by Gasteiger charge is -2.13. The van der Waals surface area contributed by atoms with Crippen LogP contribution in [0.1, 0.15) is 44.2 Å². The Labute approximate surface area is 130 Å². The van der Waals surface area contributed by atoms with Crippen molar-refractivity contribution in [1.29, 1.82) is 0 Å². The molecule has 22 heavy (non-hydrogen) atoms. The summed E-state index contributed by atoms with van der Waals surface area (Å²) < 4.78 is 4.57. The number of hydrogen-bond donors (Lipinski definition) is 2. The SMILES string of the molecule is C[C@@H](NC(=O)C(=O)CCCCCOC(N)=O)c1ccccc1. The molecule has 0 spiro atoms. The zero-order valence-corrected chi connectivity index (χ0v) is 12.7. The maximum atomic E-state index is 11.8. The summed E-state index contributed by atoms with van der Waals surface area (Å²) in [6.45, 7) is 2.07. The number of nitrogens with one attached hydrogen (secondary N) is 1. The molecule has 1 aromatic carbocycles. The van der Waals surface area contributed by atoms with E-state index in [1.807, 2.05) is 37.3 Å². The summed E-state index contributed by atoms with van der Waals surface area (Å²) in [7, 11) is 0. The molecule has 0 radical (unpaired) electrons. The summed E-state index contributed by atoms with van der Waals surface area (Å²) in [4.78, 5) is 33.9. The molecule has 0 saturated heterocycles. The van der Waals surface area contributed by atoms with Crippen molar-refractivity contribution < 1.29 is 19.1 Å². The van der Waals surface area contributed by atoms with Crippen molar-refractivity contribution >= 4 is 17.8 Å². The van der Waals surface area contributed by atoms with Crippen LogP contribution in [0.15, 0.2) is 30.3 Å². The van der Waals surface area contributed by atoms with E-state index in [-0.39, 0.29) is 19.1 Å². The van der Waals surface area contributed by atoms with Gasteiger partial charge in [-0.3, -0.25) is 9.59 Å². The first-order chi connectivity index (χ1) is 10.5. The molecule has 0 unspecified atom stereocenters. The van der Waals surface area contributed by atoms with Crippen LogP contribution in [0.3, 0.4) is 0 Å². The third-order valence-corrected chi connectivity index (χ3v) is 3.19. The average molecular weight is 306 g/mol. The van der Waals surface area contributed by atoms with Crippen LogP contribution in [-0.2, 0) is 14.3 Å². The Kier molecular flexibility index (Phi) is 7.67. The molecular formula is C16H22N2O4. The molecule has 0 bridgehead atoms. The quantitative estimate of drug-likeness (QED) is 0.539. The summed E-state index contributed by atoms with van der Waals surface area (Å²) in [5, 5.41) is 2.69. The number of nitrogens with two attached hydrogens (primary N) is 1. The van der Waals surface area contributed by atoms with Gasteiger partial charge in [0.15, 0.2) is 0 Å². The van der Waals surface area contributed by atoms with Crippen molar-refractivity contribution in [3.63, 3.8) is 0 Å². The molecule has 0 aliphatic carbocycles. The van der Waals surface area contributed by atoms with Crippen LogP contribution in [0, 0.1) is 0 Å². The molecule has 120 valence electrons. The molecule has 0 heterocycles. The molecule has 1 atom stereocenters. The van der Waals surface area contributed by atoms with Crippen LogP contribution in [0.5, 0.6) is 0 Å². The Morgan fingerprint density at radius 3 is 2.45 bits per heavy atom. The number of carbonyl (C=O) groups is 3. The Morgan fingerprint density at radius 2 is 1.82 bits per heavy atom. The highest BCUT2D eigenvalue weighted by Crippen LogP contribution is 2.11. The predicted octanol–water partition coefficient (Wildman–Crippen LogP) is 2.09. The van der Waals surface area contributed by atoms with Gasteiger partial charge >= 0.3 is 6.09 Å². The van der Waals surface area contributed by atoms with Gasteiger partial charge in [-0.15, -0.1) is 0 Å². The number of hydrogen-bond acceptors (Lipinski definition) is 4. The highest BCUT2D eigenvalue weighted by Gasteiger charge is 2.16. The zero-order valence-electron chi connectivity index (χ0n) is 12.7. The van der Waals surface area contributed by atoms with Crippen molar-refractivity contribution in [3.05, 3.63) is 35.9 Å². The van der Waals surface area contributed by atoms with Gasteiger partial charge in [-0.2, -0.15) is 0 Å². The van der Waals surface area contributed by atoms with Crippen LogP contribution in [-0.4, -0.2) is 24.4 Å². The number of ketones is 1. The fourth-order valence-corrected chi connectivity index (χ4v) is 1.95. The molecule has 0 aliphatic rings. The smallest absolute Gasteiger partial charge is 0.404 e. The first-order valence-corrected chi connectivity index (χ1v) is 7.31. The predicted molar refractivity (Wildman–Crippen MR) is 82.0 cm³/mol. The van der Waals surface area contributed by atoms with Gasteiger partial charge in [0.2, 0.25) is 5.78 Å². The molecule has 0 aromatic heterocycles. The minimum atomic E-state index is -0.801. The van der Waals surface area contributed by atoms with Gasteiger partial charge in [-0.25, -0.2) is 4.79 Å². The summed E-state index contributed by atoms with van der Waals surface area (Å²) >= 11 is 0. The van der Waals surface area contributed by atoms with Gasteiger partial charge < -0.3 is 15.8 Å².